The summed E-state index contributed by atoms with van der Waals surface area (Å²) >= 11 is 1.94. The highest BCUT2D eigenvalue weighted by atomic mass is 32.1. The third-order valence-corrected chi connectivity index (χ3v) is 6.04. The molecule has 2 nitrogen and oxygen atoms in total. The third-order valence-electron chi connectivity index (χ3n) is 4.79. The smallest absolute Gasteiger partial charge is 0.0357 e. The Morgan fingerprint density at radius 1 is 1.21 bits per heavy atom. The zero-order valence-electron chi connectivity index (χ0n) is 12.6. The molecule has 1 saturated carbocycles. The summed E-state index contributed by atoms with van der Waals surface area (Å²) in [5.74, 6) is 0. The van der Waals surface area contributed by atoms with Crippen molar-refractivity contribution in [1.82, 2.24) is 4.90 Å². The molecule has 3 heteroatoms. The zero-order valence-corrected chi connectivity index (χ0v) is 13.4. The zero-order chi connectivity index (χ0) is 13.9. The SMILES string of the molecule is CCc1ccc(CC(N)C2(N(C)C)CCCCC2)s1. The Hall–Kier alpha value is -0.380. The first-order valence-electron chi connectivity index (χ1n) is 7.59. The van der Waals surface area contributed by atoms with Gasteiger partial charge >= 0.3 is 0 Å². The molecule has 1 heterocycles. The van der Waals surface area contributed by atoms with Crippen molar-refractivity contribution in [1.29, 1.82) is 0 Å². The molecule has 1 unspecified atom stereocenters. The van der Waals surface area contributed by atoms with Crippen LogP contribution in [0.3, 0.4) is 0 Å². The molecule has 1 aromatic rings. The Morgan fingerprint density at radius 2 is 1.84 bits per heavy atom. The number of aryl methyl sites for hydroxylation is 1. The maximum Gasteiger partial charge on any atom is 0.0357 e. The van der Waals surface area contributed by atoms with Crippen LogP contribution in [0.25, 0.3) is 0 Å². The first-order chi connectivity index (χ1) is 9.08. The summed E-state index contributed by atoms with van der Waals surface area (Å²) in [7, 11) is 4.41. The van der Waals surface area contributed by atoms with Crippen molar-refractivity contribution in [3.05, 3.63) is 21.9 Å². The fourth-order valence-corrected chi connectivity index (χ4v) is 4.46. The Morgan fingerprint density at radius 3 is 2.37 bits per heavy atom. The monoisotopic (exact) mass is 280 g/mol. The second kappa shape index (κ2) is 6.38. The van der Waals surface area contributed by atoms with Crippen LogP contribution in [0.4, 0.5) is 0 Å². The van der Waals surface area contributed by atoms with Crippen molar-refractivity contribution in [2.75, 3.05) is 14.1 Å². The number of nitrogens with two attached hydrogens (primary N) is 1. The normalized spacial score (nSPS) is 20.7. The van der Waals surface area contributed by atoms with Crippen molar-refractivity contribution in [3.63, 3.8) is 0 Å². The molecule has 2 rings (SSSR count). The van der Waals surface area contributed by atoms with Crippen molar-refractivity contribution in [3.8, 4) is 0 Å². The minimum Gasteiger partial charge on any atom is -0.326 e. The minimum atomic E-state index is 0.217. The average molecular weight is 280 g/mol. The molecule has 0 radical (unpaired) electrons. The van der Waals surface area contributed by atoms with E-state index in [2.05, 4.69) is 38.1 Å². The van der Waals surface area contributed by atoms with Gasteiger partial charge in [-0.3, -0.25) is 0 Å². The maximum absolute atomic E-state index is 6.63. The lowest BCUT2D eigenvalue weighted by molar-refractivity contribution is 0.0718. The van der Waals surface area contributed by atoms with Gasteiger partial charge in [-0.2, -0.15) is 0 Å². The molecule has 0 amide bonds. The number of rotatable bonds is 5. The Kier molecular flexibility index (Phi) is 5.04. The molecular weight excluding hydrogens is 252 g/mol. The van der Waals surface area contributed by atoms with Crippen molar-refractivity contribution in [2.24, 2.45) is 5.73 Å². The van der Waals surface area contributed by atoms with Gasteiger partial charge < -0.3 is 10.6 Å². The van der Waals surface area contributed by atoms with Crippen LogP contribution in [0, 0.1) is 0 Å². The molecule has 1 aliphatic carbocycles. The number of hydrogen-bond donors (Lipinski definition) is 1. The quantitative estimate of drug-likeness (QED) is 0.895. The summed E-state index contributed by atoms with van der Waals surface area (Å²) < 4.78 is 0. The highest BCUT2D eigenvalue weighted by Gasteiger charge is 2.39. The lowest BCUT2D eigenvalue weighted by Gasteiger charge is -2.47. The van der Waals surface area contributed by atoms with E-state index in [0.717, 1.165) is 12.8 Å². The van der Waals surface area contributed by atoms with E-state index in [4.69, 9.17) is 5.73 Å². The molecule has 1 aliphatic rings. The lowest BCUT2D eigenvalue weighted by Crippen LogP contribution is -2.59. The molecule has 1 aromatic heterocycles. The van der Waals surface area contributed by atoms with Gasteiger partial charge in [-0.15, -0.1) is 11.3 Å². The molecule has 0 aliphatic heterocycles. The van der Waals surface area contributed by atoms with E-state index in [1.807, 2.05) is 11.3 Å². The second-order valence-corrected chi connectivity index (χ2v) is 7.34. The Balaban J connectivity index is 2.09. The fraction of sp³-hybridized carbons (Fsp3) is 0.750. The Bertz CT molecular complexity index is 391. The molecule has 1 atom stereocenters. The molecule has 0 saturated heterocycles. The number of likely N-dealkylation sites (N-methyl/N-ethyl adjacent to an activating group) is 1. The molecule has 2 N–H and O–H groups in total. The van der Waals surface area contributed by atoms with E-state index >= 15 is 0 Å². The van der Waals surface area contributed by atoms with E-state index in [1.165, 1.54) is 41.9 Å². The molecule has 19 heavy (non-hydrogen) atoms. The van der Waals surface area contributed by atoms with Crippen LogP contribution >= 0.6 is 11.3 Å². The standard InChI is InChI=1S/C16H28N2S/c1-4-13-8-9-14(19-13)12-15(17)16(18(2)3)10-6-5-7-11-16/h8-9,15H,4-7,10-12,17H2,1-3H3. The van der Waals surface area contributed by atoms with Crippen LogP contribution in [-0.2, 0) is 12.8 Å². The lowest BCUT2D eigenvalue weighted by atomic mass is 9.74. The number of hydrogen-bond acceptors (Lipinski definition) is 3. The average Bonchev–Trinajstić information content (AvgIpc) is 2.87. The van der Waals surface area contributed by atoms with E-state index in [9.17, 15) is 0 Å². The number of nitrogens with zero attached hydrogens (tertiary/aromatic N) is 1. The van der Waals surface area contributed by atoms with Gasteiger partial charge in [0, 0.05) is 21.3 Å². The molecule has 0 aromatic carbocycles. The number of thiophene rings is 1. The van der Waals surface area contributed by atoms with Gasteiger partial charge in [0.1, 0.15) is 0 Å². The first-order valence-corrected chi connectivity index (χ1v) is 8.41. The molecule has 0 spiro atoms. The van der Waals surface area contributed by atoms with E-state index < -0.39 is 0 Å². The van der Waals surface area contributed by atoms with Gasteiger partial charge in [0.15, 0.2) is 0 Å². The van der Waals surface area contributed by atoms with Crippen LogP contribution in [0.15, 0.2) is 12.1 Å². The van der Waals surface area contributed by atoms with Gasteiger partial charge in [-0.05, 0) is 51.9 Å². The second-order valence-electron chi connectivity index (χ2n) is 6.09. The summed E-state index contributed by atoms with van der Waals surface area (Å²) in [4.78, 5) is 5.33. The molecule has 0 bridgehead atoms. The highest BCUT2D eigenvalue weighted by Crippen LogP contribution is 2.36. The van der Waals surface area contributed by atoms with Crippen molar-refractivity contribution < 1.29 is 0 Å². The topological polar surface area (TPSA) is 29.3 Å². The van der Waals surface area contributed by atoms with E-state index in [1.54, 1.807) is 0 Å². The van der Waals surface area contributed by atoms with Gasteiger partial charge in [0.2, 0.25) is 0 Å². The fourth-order valence-electron chi connectivity index (χ4n) is 3.44. The first kappa shape index (κ1) is 15.0. The summed E-state index contributed by atoms with van der Waals surface area (Å²) in [6.45, 7) is 2.22. The van der Waals surface area contributed by atoms with Crippen molar-refractivity contribution in [2.45, 2.75) is 63.5 Å². The molecule has 1 fully saturated rings. The summed E-state index contributed by atoms with van der Waals surface area (Å²) in [5, 5.41) is 0. The van der Waals surface area contributed by atoms with Crippen LogP contribution in [0.5, 0.6) is 0 Å². The largest absolute Gasteiger partial charge is 0.326 e. The predicted octanol–water partition coefficient (Wildman–Crippen LogP) is 3.44. The van der Waals surface area contributed by atoms with Crippen molar-refractivity contribution >= 4 is 11.3 Å². The highest BCUT2D eigenvalue weighted by molar-refractivity contribution is 7.11. The molecular formula is C16H28N2S. The third kappa shape index (κ3) is 3.21. The van der Waals surface area contributed by atoms with Crippen LogP contribution < -0.4 is 5.73 Å². The van der Waals surface area contributed by atoms with Gasteiger partial charge in [0.25, 0.3) is 0 Å². The van der Waals surface area contributed by atoms with Gasteiger partial charge in [-0.1, -0.05) is 26.2 Å². The minimum absolute atomic E-state index is 0.217. The van der Waals surface area contributed by atoms with Crippen LogP contribution in [0.1, 0.15) is 48.8 Å². The summed E-state index contributed by atoms with van der Waals surface area (Å²) in [6.07, 6.45) is 8.72. The maximum atomic E-state index is 6.63. The Labute approximate surface area is 122 Å². The predicted molar refractivity (Wildman–Crippen MR) is 84.9 cm³/mol. The van der Waals surface area contributed by atoms with E-state index in [0.29, 0.717) is 0 Å². The van der Waals surface area contributed by atoms with Crippen LogP contribution in [-0.4, -0.2) is 30.6 Å². The summed E-state index contributed by atoms with van der Waals surface area (Å²) in [5.41, 5.74) is 6.85. The van der Waals surface area contributed by atoms with Crippen LogP contribution in [0.2, 0.25) is 0 Å². The van der Waals surface area contributed by atoms with E-state index in [-0.39, 0.29) is 11.6 Å². The molecule has 108 valence electrons. The van der Waals surface area contributed by atoms with Gasteiger partial charge in [-0.25, -0.2) is 0 Å². The van der Waals surface area contributed by atoms with Gasteiger partial charge in [0.05, 0.1) is 0 Å². The summed E-state index contributed by atoms with van der Waals surface area (Å²) in [6, 6.07) is 4.79.